The van der Waals surface area contributed by atoms with Crippen molar-refractivity contribution in [2.45, 2.75) is 31.6 Å². The quantitative estimate of drug-likeness (QED) is 0.183. The van der Waals surface area contributed by atoms with Crippen LogP contribution in [0.3, 0.4) is 0 Å². The SMILES string of the molecule is CC.CN(CCN(CC(=O)NO)Sc1cc(F)c(Oc2ccc(Cl)cc2)c(F)c1)C(=O)NCCN1CCCC1. The van der Waals surface area contributed by atoms with Crippen LogP contribution >= 0.6 is 23.5 Å². The van der Waals surface area contributed by atoms with Crippen LogP contribution in [0.25, 0.3) is 0 Å². The van der Waals surface area contributed by atoms with Crippen LogP contribution in [0.1, 0.15) is 26.7 Å². The molecule has 0 aliphatic carbocycles. The third kappa shape index (κ3) is 11.2. The number of hydrogen-bond donors (Lipinski definition) is 3. The zero-order valence-corrected chi connectivity index (χ0v) is 24.0. The first-order valence-corrected chi connectivity index (χ1v) is 13.9. The largest absolute Gasteiger partial charge is 0.451 e. The molecule has 1 fully saturated rings. The molecule has 13 heteroatoms. The molecule has 3 rings (SSSR count). The molecule has 0 saturated carbocycles. The van der Waals surface area contributed by atoms with E-state index >= 15 is 0 Å². The van der Waals surface area contributed by atoms with Crippen molar-refractivity contribution in [1.29, 1.82) is 0 Å². The van der Waals surface area contributed by atoms with Crippen LogP contribution in [-0.4, -0.2) is 84.1 Å². The zero-order valence-electron chi connectivity index (χ0n) is 22.4. The molecule has 3 N–H and O–H groups in total. The highest BCUT2D eigenvalue weighted by Crippen LogP contribution is 2.33. The Morgan fingerprint density at radius 2 is 1.72 bits per heavy atom. The number of carbonyl (C=O) groups excluding carboxylic acids is 2. The van der Waals surface area contributed by atoms with Crippen molar-refractivity contribution in [1.82, 2.24) is 24.9 Å². The molecule has 1 aliphatic rings. The number of likely N-dealkylation sites (N-methyl/N-ethyl adjacent to an activating group) is 1. The Bertz CT molecular complexity index is 1040. The number of ether oxygens (including phenoxy) is 1. The Morgan fingerprint density at radius 1 is 1.10 bits per heavy atom. The molecule has 0 radical (unpaired) electrons. The first-order chi connectivity index (χ1) is 18.7. The average molecular weight is 588 g/mol. The molecule has 2 aromatic rings. The number of nitrogens with zero attached hydrogens (tertiary/aromatic N) is 3. The van der Waals surface area contributed by atoms with Gasteiger partial charge in [0.05, 0.1) is 6.54 Å². The van der Waals surface area contributed by atoms with E-state index in [0.717, 1.165) is 43.7 Å². The molecule has 1 aliphatic heterocycles. The van der Waals surface area contributed by atoms with Gasteiger partial charge in [-0.1, -0.05) is 25.4 Å². The first-order valence-electron chi connectivity index (χ1n) is 12.7. The molecule has 0 unspecified atom stereocenters. The second-order valence-electron chi connectivity index (χ2n) is 8.46. The normalized spacial score (nSPS) is 13.0. The molecule has 1 heterocycles. The van der Waals surface area contributed by atoms with Gasteiger partial charge in [-0.15, -0.1) is 0 Å². The fraction of sp³-hybridized carbons (Fsp3) is 0.462. The predicted molar refractivity (Wildman–Crippen MR) is 148 cm³/mol. The van der Waals surface area contributed by atoms with Crippen LogP contribution in [0.5, 0.6) is 11.5 Å². The zero-order chi connectivity index (χ0) is 28.8. The van der Waals surface area contributed by atoms with E-state index in [0.29, 0.717) is 11.6 Å². The number of amides is 3. The van der Waals surface area contributed by atoms with E-state index in [2.05, 4.69) is 10.2 Å². The van der Waals surface area contributed by atoms with E-state index in [4.69, 9.17) is 21.5 Å². The van der Waals surface area contributed by atoms with E-state index in [9.17, 15) is 18.4 Å². The number of rotatable bonds is 12. The maximum Gasteiger partial charge on any atom is 0.317 e. The van der Waals surface area contributed by atoms with Crippen LogP contribution in [-0.2, 0) is 4.79 Å². The molecular formula is C26H36ClF2N5O4S. The number of nitrogens with one attached hydrogen (secondary N) is 2. The summed E-state index contributed by atoms with van der Waals surface area (Å²) in [4.78, 5) is 28.1. The molecule has 3 amide bonds. The van der Waals surface area contributed by atoms with Gasteiger partial charge >= 0.3 is 6.03 Å². The van der Waals surface area contributed by atoms with Crippen molar-refractivity contribution < 1.29 is 28.3 Å². The van der Waals surface area contributed by atoms with E-state index in [1.54, 1.807) is 12.5 Å². The highest BCUT2D eigenvalue weighted by atomic mass is 35.5. The van der Waals surface area contributed by atoms with Crippen molar-refractivity contribution in [2.24, 2.45) is 0 Å². The van der Waals surface area contributed by atoms with E-state index in [1.807, 2.05) is 13.8 Å². The van der Waals surface area contributed by atoms with Crippen molar-refractivity contribution in [2.75, 3.05) is 52.9 Å². The molecule has 0 aromatic heterocycles. The minimum absolute atomic E-state index is 0.168. The summed E-state index contributed by atoms with van der Waals surface area (Å²) >= 11 is 6.73. The standard InChI is InChI=1S/C24H30ClF2N5O4S.C2H6/c1-30(24(34)28-8-11-31-9-2-3-10-31)12-13-32(16-22(33)29-35)37-19-14-20(26)23(21(27)15-19)36-18-6-4-17(25)5-7-18;1-2/h4-7,14-15,35H,2-3,8-13,16H2,1H3,(H,28,34)(H,29,33);1-2H3. The van der Waals surface area contributed by atoms with Gasteiger partial charge in [-0.25, -0.2) is 23.4 Å². The van der Waals surface area contributed by atoms with Gasteiger partial charge in [0.1, 0.15) is 5.75 Å². The molecular weight excluding hydrogens is 552 g/mol. The smallest absolute Gasteiger partial charge is 0.317 e. The third-order valence-electron chi connectivity index (χ3n) is 5.62. The van der Waals surface area contributed by atoms with E-state index < -0.39 is 23.3 Å². The number of hydrogen-bond acceptors (Lipinski definition) is 7. The second kappa shape index (κ2) is 17.1. The second-order valence-corrected chi connectivity index (χ2v) is 10.1. The highest BCUT2D eigenvalue weighted by molar-refractivity contribution is 7.97. The molecule has 39 heavy (non-hydrogen) atoms. The summed E-state index contributed by atoms with van der Waals surface area (Å²) in [5.41, 5.74) is 1.54. The Kier molecular flexibility index (Phi) is 14.3. The van der Waals surface area contributed by atoms with Gasteiger partial charge in [-0.2, -0.15) is 0 Å². The van der Waals surface area contributed by atoms with Crippen molar-refractivity contribution in [3.8, 4) is 11.5 Å². The topological polar surface area (TPSA) is 97.4 Å². The Morgan fingerprint density at radius 3 is 2.31 bits per heavy atom. The summed E-state index contributed by atoms with van der Waals surface area (Å²) in [6.07, 6.45) is 2.35. The van der Waals surface area contributed by atoms with Crippen LogP contribution in [0, 0.1) is 11.6 Å². The first kappa shape index (κ1) is 32.6. The Hall–Kier alpha value is -2.64. The minimum atomic E-state index is -0.932. The summed E-state index contributed by atoms with van der Waals surface area (Å²) in [5.74, 6) is -2.94. The Balaban J connectivity index is 0.00000260. The monoisotopic (exact) mass is 587 g/mol. The van der Waals surface area contributed by atoms with Crippen LogP contribution < -0.4 is 15.5 Å². The fourth-order valence-electron chi connectivity index (χ4n) is 3.63. The molecule has 0 spiro atoms. The summed E-state index contributed by atoms with van der Waals surface area (Å²) in [6, 6.07) is 7.93. The molecule has 2 aromatic carbocycles. The van der Waals surface area contributed by atoms with Gasteiger partial charge in [-0.05, 0) is 74.3 Å². The van der Waals surface area contributed by atoms with Crippen LogP contribution in [0.4, 0.5) is 13.6 Å². The minimum Gasteiger partial charge on any atom is -0.451 e. The maximum atomic E-state index is 14.7. The van der Waals surface area contributed by atoms with Crippen molar-refractivity contribution in [3.63, 3.8) is 0 Å². The van der Waals surface area contributed by atoms with E-state index in [1.165, 1.54) is 46.3 Å². The number of halogens is 3. The molecule has 216 valence electrons. The van der Waals surface area contributed by atoms with Gasteiger partial charge in [-0.3, -0.25) is 10.0 Å². The molecule has 0 bridgehead atoms. The lowest BCUT2D eigenvalue weighted by Crippen LogP contribution is -2.44. The molecule has 9 nitrogen and oxygen atoms in total. The predicted octanol–water partition coefficient (Wildman–Crippen LogP) is 4.99. The average Bonchev–Trinajstić information content (AvgIpc) is 3.45. The number of carbonyl (C=O) groups is 2. The summed E-state index contributed by atoms with van der Waals surface area (Å²) in [7, 11) is 1.61. The highest BCUT2D eigenvalue weighted by Gasteiger charge is 2.19. The van der Waals surface area contributed by atoms with Gasteiger partial charge < -0.3 is 19.9 Å². The summed E-state index contributed by atoms with van der Waals surface area (Å²) in [6.45, 7) is 7.52. The fourth-order valence-corrected chi connectivity index (χ4v) is 4.73. The van der Waals surface area contributed by atoms with Crippen molar-refractivity contribution in [3.05, 3.63) is 53.1 Å². The lowest BCUT2D eigenvalue weighted by atomic mass is 10.3. The third-order valence-corrected chi connectivity index (χ3v) is 6.89. The lowest BCUT2D eigenvalue weighted by Gasteiger charge is -2.24. The number of likely N-dealkylation sites (tertiary alicyclic amines) is 1. The molecule has 1 saturated heterocycles. The van der Waals surface area contributed by atoms with Gasteiger partial charge in [0.2, 0.25) is 0 Å². The number of benzene rings is 2. The van der Waals surface area contributed by atoms with Gasteiger partial charge in [0.15, 0.2) is 17.4 Å². The Labute approximate surface area is 237 Å². The van der Waals surface area contributed by atoms with Crippen LogP contribution in [0.15, 0.2) is 41.3 Å². The number of hydroxylamine groups is 1. The van der Waals surface area contributed by atoms with E-state index in [-0.39, 0.29) is 36.3 Å². The summed E-state index contributed by atoms with van der Waals surface area (Å²) in [5, 5.41) is 12.2. The summed E-state index contributed by atoms with van der Waals surface area (Å²) < 4.78 is 36.2. The number of urea groups is 1. The maximum absolute atomic E-state index is 14.7. The van der Waals surface area contributed by atoms with Crippen molar-refractivity contribution >= 4 is 35.5 Å². The lowest BCUT2D eigenvalue weighted by molar-refractivity contribution is -0.129. The van der Waals surface area contributed by atoms with Gasteiger partial charge in [0, 0.05) is 43.1 Å². The van der Waals surface area contributed by atoms with Crippen LogP contribution in [0.2, 0.25) is 5.02 Å². The molecule has 0 atom stereocenters. The van der Waals surface area contributed by atoms with Gasteiger partial charge in [0.25, 0.3) is 5.91 Å².